The SMILES string of the molecule is c1ccc2c(-c3noc([C@@H]4CCCN4)n3)coc2c1. The minimum absolute atomic E-state index is 0.194. The van der Waals surface area contributed by atoms with Crippen LogP contribution in [0.5, 0.6) is 0 Å². The lowest BCUT2D eigenvalue weighted by molar-refractivity contribution is 0.345. The van der Waals surface area contributed by atoms with E-state index in [9.17, 15) is 0 Å². The lowest BCUT2D eigenvalue weighted by Gasteiger charge is -2.01. The third kappa shape index (κ3) is 1.74. The van der Waals surface area contributed by atoms with Crippen molar-refractivity contribution in [2.45, 2.75) is 18.9 Å². The van der Waals surface area contributed by atoms with Crippen LogP contribution in [-0.2, 0) is 0 Å². The predicted octanol–water partition coefficient (Wildman–Crippen LogP) is 2.91. The number of para-hydroxylation sites is 1. The fraction of sp³-hybridized carbons (Fsp3) is 0.286. The van der Waals surface area contributed by atoms with Crippen LogP contribution in [0, 0.1) is 0 Å². The number of benzene rings is 1. The molecule has 0 amide bonds. The van der Waals surface area contributed by atoms with Gasteiger partial charge in [0.1, 0.15) is 11.8 Å². The lowest BCUT2D eigenvalue weighted by Crippen LogP contribution is -2.12. The third-order valence-electron chi connectivity index (χ3n) is 3.52. The summed E-state index contributed by atoms with van der Waals surface area (Å²) in [7, 11) is 0. The van der Waals surface area contributed by atoms with E-state index in [0.717, 1.165) is 35.9 Å². The number of nitrogens with zero attached hydrogens (tertiary/aromatic N) is 2. The van der Waals surface area contributed by atoms with E-state index in [1.807, 2.05) is 24.3 Å². The Morgan fingerprint density at radius 1 is 1.26 bits per heavy atom. The number of fused-ring (bicyclic) bond motifs is 1. The highest BCUT2D eigenvalue weighted by Crippen LogP contribution is 2.30. The molecule has 3 aromatic rings. The van der Waals surface area contributed by atoms with Crippen molar-refractivity contribution in [2.24, 2.45) is 0 Å². The Kier molecular flexibility index (Phi) is 2.38. The maximum Gasteiger partial charge on any atom is 0.244 e. The second-order valence-corrected chi connectivity index (χ2v) is 4.75. The van der Waals surface area contributed by atoms with E-state index in [1.165, 1.54) is 0 Å². The first kappa shape index (κ1) is 10.8. The van der Waals surface area contributed by atoms with E-state index in [0.29, 0.717) is 11.7 Å². The van der Waals surface area contributed by atoms with Crippen molar-refractivity contribution in [1.82, 2.24) is 15.5 Å². The molecule has 1 atom stereocenters. The molecule has 0 bridgehead atoms. The molecular formula is C14H13N3O2. The largest absolute Gasteiger partial charge is 0.464 e. The maximum atomic E-state index is 5.50. The molecule has 1 aliphatic heterocycles. The molecule has 1 aromatic carbocycles. The quantitative estimate of drug-likeness (QED) is 0.762. The molecular weight excluding hydrogens is 242 g/mol. The summed E-state index contributed by atoms with van der Waals surface area (Å²) in [5, 5.41) is 8.42. The molecule has 5 heteroatoms. The highest BCUT2D eigenvalue weighted by Gasteiger charge is 2.23. The number of furan rings is 1. The Morgan fingerprint density at radius 2 is 2.21 bits per heavy atom. The lowest BCUT2D eigenvalue weighted by atomic mass is 10.1. The van der Waals surface area contributed by atoms with Gasteiger partial charge in [0.25, 0.3) is 0 Å². The number of rotatable bonds is 2. The zero-order valence-corrected chi connectivity index (χ0v) is 10.3. The van der Waals surface area contributed by atoms with Gasteiger partial charge in [-0.1, -0.05) is 23.4 Å². The fourth-order valence-electron chi connectivity index (χ4n) is 2.53. The molecule has 1 saturated heterocycles. The Balaban J connectivity index is 1.76. The topological polar surface area (TPSA) is 64.1 Å². The summed E-state index contributed by atoms with van der Waals surface area (Å²) in [4.78, 5) is 4.48. The van der Waals surface area contributed by atoms with E-state index < -0.39 is 0 Å². The Bertz CT molecular complexity index is 710. The molecule has 1 fully saturated rings. The van der Waals surface area contributed by atoms with Crippen LogP contribution in [0.4, 0.5) is 0 Å². The van der Waals surface area contributed by atoms with Crippen LogP contribution in [-0.4, -0.2) is 16.7 Å². The molecule has 4 rings (SSSR count). The molecule has 96 valence electrons. The van der Waals surface area contributed by atoms with Crippen molar-refractivity contribution in [1.29, 1.82) is 0 Å². The predicted molar refractivity (Wildman–Crippen MR) is 69.5 cm³/mol. The molecule has 5 nitrogen and oxygen atoms in total. The molecule has 1 N–H and O–H groups in total. The standard InChI is InChI=1S/C14H13N3O2/c1-2-6-12-9(4-1)10(8-18-12)13-16-14(19-17-13)11-5-3-7-15-11/h1-2,4,6,8,11,15H,3,5,7H2/t11-/m0/s1. The molecule has 1 aliphatic rings. The number of hydrogen-bond donors (Lipinski definition) is 1. The van der Waals surface area contributed by atoms with E-state index in [1.54, 1.807) is 6.26 Å². The van der Waals surface area contributed by atoms with E-state index in [-0.39, 0.29) is 6.04 Å². The van der Waals surface area contributed by atoms with Gasteiger partial charge in [-0.15, -0.1) is 0 Å². The summed E-state index contributed by atoms with van der Waals surface area (Å²) in [5.74, 6) is 1.26. The Labute approximate surface area is 109 Å². The molecule has 19 heavy (non-hydrogen) atoms. The van der Waals surface area contributed by atoms with Crippen molar-refractivity contribution in [3.63, 3.8) is 0 Å². The van der Waals surface area contributed by atoms with Crippen molar-refractivity contribution >= 4 is 11.0 Å². The van der Waals surface area contributed by atoms with Crippen molar-refractivity contribution in [3.8, 4) is 11.4 Å². The minimum Gasteiger partial charge on any atom is -0.464 e. The highest BCUT2D eigenvalue weighted by atomic mass is 16.5. The normalized spacial score (nSPS) is 19.3. The molecule has 2 aromatic heterocycles. The van der Waals surface area contributed by atoms with E-state index in [2.05, 4.69) is 15.5 Å². The van der Waals surface area contributed by atoms with Crippen LogP contribution in [0.3, 0.4) is 0 Å². The van der Waals surface area contributed by atoms with E-state index >= 15 is 0 Å². The van der Waals surface area contributed by atoms with Crippen LogP contribution >= 0.6 is 0 Å². The summed E-state index contributed by atoms with van der Waals surface area (Å²) in [6.07, 6.45) is 3.88. The second kappa shape index (κ2) is 4.20. The van der Waals surface area contributed by atoms with Crippen molar-refractivity contribution in [3.05, 3.63) is 36.4 Å². The van der Waals surface area contributed by atoms with Gasteiger partial charge in [-0.25, -0.2) is 0 Å². The maximum absolute atomic E-state index is 5.50. The van der Waals surface area contributed by atoms with Gasteiger partial charge in [-0.05, 0) is 25.5 Å². The first-order valence-electron chi connectivity index (χ1n) is 6.45. The zero-order chi connectivity index (χ0) is 12.7. The van der Waals surface area contributed by atoms with Crippen LogP contribution in [0.15, 0.2) is 39.5 Å². The van der Waals surface area contributed by atoms with Gasteiger partial charge in [-0.3, -0.25) is 0 Å². The van der Waals surface area contributed by atoms with E-state index in [4.69, 9.17) is 8.94 Å². The number of hydrogen-bond acceptors (Lipinski definition) is 5. The van der Waals surface area contributed by atoms with Gasteiger partial charge in [-0.2, -0.15) is 4.98 Å². The first-order chi connectivity index (χ1) is 9.42. The Hall–Kier alpha value is -2.14. The fourth-order valence-corrected chi connectivity index (χ4v) is 2.53. The molecule has 0 spiro atoms. The summed E-state index contributed by atoms with van der Waals surface area (Å²) in [6.45, 7) is 1.01. The summed E-state index contributed by atoms with van der Waals surface area (Å²) < 4.78 is 10.9. The van der Waals surface area contributed by atoms with Crippen molar-refractivity contribution < 1.29 is 8.94 Å². The summed E-state index contributed by atoms with van der Waals surface area (Å²) in [6, 6.07) is 8.04. The molecule has 0 saturated carbocycles. The van der Waals surface area contributed by atoms with Crippen LogP contribution < -0.4 is 5.32 Å². The summed E-state index contributed by atoms with van der Waals surface area (Å²) in [5.41, 5.74) is 1.71. The average Bonchev–Trinajstić information content (AvgIpc) is 3.18. The van der Waals surface area contributed by atoms with Gasteiger partial charge in [0, 0.05) is 5.39 Å². The van der Waals surface area contributed by atoms with Crippen LogP contribution in [0.1, 0.15) is 24.8 Å². The monoisotopic (exact) mass is 255 g/mol. The van der Waals surface area contributed by atoms with Crippen molar-refractivity contribution in [2.75, 3.05) is 6.54 Å². The van der Waals surface area contributed by atoms with Gasteiger partial charge < -0.3 is 14.3 Å². The molecule has 0 unspecified atom stereocenters. The average molecular weight is 255 g/mol. The van der Waals surface area contributed by atoms with Gasteiger partial charge in [0.2, 0.25) is 11.7 Å². The van der Waals surface area contributed by atoms with Crippen LogP contribution in [0.25, 0.3) is 22.4 Å². The number of aromatic nitrogens is 2. The Morgan fingerprint density at radius 3 is 3.11 bits per heavy atom. The smallest absolute Gasteiger partial charge is 0.244 e. The molecule has 0 radical (unpaired) electrons. The zero-order valence-electron chi connectivity index (χ0n) is 10.3. The number of nitrogens with one attached hydrogen (secondary N) is 1. The summed E-state index contributed by atoms with van der Waals surface area (Å²) >= 11 is 0. The minimum atomic E-state index is 0.194. The molecule has 3 heterocycles. The van der Waals surface area contributed by atoms with Gasteiger partial charge in [0.15, 0.2) is 0 Å². The second-order valence-electron chi connectivity index (χ2n) is 4.75. The first-order valence-corrected chi connectivity index (χ1v) is 6.45. The van der Waals surface area contributed by atoms with Crippen LogP contribution in [0.2, 0.25) is 0 Å². The third-order valence-corrected chi connectivity index (χ3v) is 3.52. The molecule has 0 aliphatic carbocycles. The van der Waals surface area contributed by atoms with Gasteiger partial charge >= 0.3 is 0 Å². The highest BCUT2D eigenvalue weighted by molar-refractivity contribution is 5.91. The van der Waals surface area contributed by atoms with Gasteiger partial charge in [0.05, 0.1) is 11.6 Å².